The molecule has 6 nitrogen and oxygen atoms in total. The molecule has 0 radical (unpaired) electrons. The first-order valence-electron chi connectivity index (χ1n) is 9.52. The number of urea groups is 1. The van der Waals surface area contributed by atoms with Crippen LogP contribution >= 0.6 is 0 Å². The van der Waals surface area contributed by atoms with Crippen LogP contribution in [0, 0.1) is 6.92 Å². The molecule has 0 spiro atoms. The number of amides is 2. The van der Waals surface area contributed by atoms with E-state index in [4.69, 9.17) is 0 Å². The second-order valence-corrected chi connectivity index (χ2v) is 7.31. The predicted octanol–water partition coefficient (Wildman–Crippen LogP) is 3.39. The zero-order chi connectivity index (χ0) is 20.1. The van der Waals surface area contributed by atoms with Gasteiger partial charge in [0, 0.05) is 45.1 Å². The van der Waals surface area contributed by atoms with Gasteiger partial charge in [-0.2, -0.15) is 8.78 Å². The van der Waals surface area contributed by atoms with Gasteiger partial charge in [0.1, 0.15) is 5.82 Å². The molecular weight excluding hydrogens is 364 g/mol. The van der Waals surface area contributed by atoms with E-state index in [2.05, 4.69) is 40.3 Å². The molecule has 0 unspecified atom stereocenters. The zero-order valence-corrected chi connectivity index (χ0v) is 16.3. The summed E-state index contributed by atoms with van der Waals surface area (Å²) in [6.07, 6.45) is 4.28. The van der Waals surface area contributed by atoms with E-state index in [9.17, 15) is 13.6 Å². The van der Waals surface area contributed by atoms with Gasteiger partial charge >= 0.3 is 12.6 Å². The zero-order valence-electron chi connectivity index (χ0n) is 16.3. The van der Waals surface area contributed by atoms with E-state index in [1.165, 1.54) is 28.4 Å². The van der Waals surface area contributed by atoms with Crippen LogP contribution < -0.4 is 5.32 Å². The van der Waals surface area contributed by atoms with Gasteiger partial charge < -0.3 is 10.2 Å². The van der Waals surface area contributed by atoms with E-state index in [1.807, 2.05) is 6.07 Å². The SMILES string of the molecule is Cc1ccccc1CN1CCC(NC(=O)N(C)Cc2nccn2C(F)F)CC1. The molecule has 1 saturated heterocycles. The molecule has 1 aliphatic heterocycles. The lowest BCUT2D eigenvalue weighted by atomic mass is 10.0. The minimum Gasteiger partial charge on any atom is -0.335 e. The summed E-state index contributed by atoms with van der Waals surface area (Å²) in [4.78, 5) is 20.1. The van der Waals surface area contributed by atoms with E-state index < -0.39 is 6.55 Å². The Morgan fingerprint density at radius 3 is 2.71 bits per heavy atom. The third kappa shape index (κ3) is 5.07. The Balaban J connectivity index is 1.45. The summed E-state index contributed by atoms with van der Waals surface area (Å²) in [5.41, 5.74) is 2.63. The van der Waals surface area contributed by atoms with Gasteiger partial charge in [-0.25, -0.2) is 9.78 Å². The van der Waals surface area contributed by atoms with Gasteiger partial charge in [-0.15, -0.1) is 0 Å². The molecule has 2 amide bonds. The number of halogens is 2. The number of alkyl halides is 2. The van der Waals surface area contributed by atoms with Crippen molar-refractivity contribution in [1.29, 1.82) is 0 Å². The standard InChI is InChI=1S/C20H27F2N5O/c1-15-5-3-4-6-16(15)13-26-10-7-17(8-11-26)24-20(28)25(2)14-18-23-9-12-27(18)19(21)22/h3-6,9,12,17,19H,7-8,10-11,13-14H2,1-2H3,(H,24,28). The maximum atomic E-state index is 12.9. The Labute approximate surface area is 164 Å². The number of carbonyl (C=O) groups is 1. The van der Waals surface area contributed by atoms with Crippen molar-refractivity contribution >= 4 is 6.03 Å². The predicted molar refractivity (Wildman–Crippen MR) is 103 cm³/mol. The van der Waals surface area contributed by atoms with Gasteiger partial charge in [0.2, 0.25) is 0 Å². The number of nitrogens with one attached hydrogen (secondary N) is 1. The number of nitrogens with zero attached hydrogens (tertiary/aromatic N) is 4. The number of rotatable bonds is 6. The molecule has 2 aromatic rings. The molecule has 0 bridgehead atoms. The molecule has 1 aromatic carbocycles. The number of imidazole rings is 1. The highest BCUT2D eigenvalue weighted by Crippen LogP contribution is 2.17. The fourth-order valence-corrected chi connectivity index (χ4v) is 3.48. The van der Waals surface area contributed by atoms with Gasteiger partial charge in [-0.05, 0) is 30.9 Å². The van der Waals surface area contributed by atoms with Crippen LogP contribution in [0.25, 0.3) is 0 Å². The number of aryl methyl sites for hydroxylation is 1. The first-order chi connectivity index (χ1) is 13.4. The summed E-state index contributed by atoms with van der Waals surface area (Å²) in [6.45, 7) is 2.25. The lowest BCUT2D eigenvalue weighted by Gasteiger charge is -2.33. The molecule has 1 fully saturated rings. The summed E-state index contributed by atoms with van der Waals surface area (Å²) in [7, 11) is 1.59. The molecule has 0 aliphatic carbocycles. The van der Waals surface area contributed by atoms with Crippen molar-refractivity contribution in [3.05, 3.63) is 53.6 Å². The largest absolute Gasteiger partial charge is 0.335 e. The number of hydrogen-bond donors (Lipinski definition) is 1. The van der Waals surface area contributed by atoms with Crippen molar-refractivity contribution in [1.82, 2.24) is 24.7 Å². The molecule has 8 heteroatoms. The van der Waals surface area contributed by atoms with Crippen LogP contribution in [0.4, 0.5) is 13.6 Å². The van der Waals surface area contributed by atoms with E-state index >= 15 is 0 Å². The molecule has 0 atom stereocenters. The number of benzene rings is 1. The smallest absolute Gasteiger partial charge is 0.319 e. The van der Waals surface area contributed by atoms with Crippen LogP contribution in [0.5, 0.6) is 0 Å². The van der Waals surface area contributed by atoms with Crippen molar-refractivity contribution < 1.29 is 13.6 Å². The fraction of sp³-hybridized carbons (Fsp3) is 0.500. The summed E-state index contributed by atoms with van der Waals surface area (Å²) < 4.78 is 26.6. The van der Waals surface area contributed by atoms with Crippen LogP contribution in [-0.2, 0) is 13.1 Å². The summed E-state index contributed by atoms with van der Waals surface area (Å²) in [5.74, 6) is 0.167. The van der Waals surface area contributed by atoms with Gasteiger partial charge in [-0.1, -0.05) is 24.3 Å². The highest BCUT2D eigenvalue weighted by atomic mass is 19.3. The van der Waals surface area contributed by atoms with Gasteiger partial charge in [0.15, 0.2) is 0 Å². The highest BCUT2D eigenvalue weighted by Gasteiger charge is 2.23. The third-order valence-corrected chi connectivity index (χ3v) is 5.25. The maximum Gasteiger partial charge on any atom is 0.319 e. The number of piperidine rings is 1. The molecule has 2 heterocycles. The lowest BCUT2D eigenvalue weighted by Crippen LogP contribution is -2.48. The molecular formula is C20H27F2N5O. The second-order valence-electron chi connectivity index (χ2n) is 7.31. The van der Waals surface area contributed by atoms with E-state index in [0.717, 1.165) is 37.0 Å². The number of hydrogen-bond acceptors (Lipinski definition) is 3. The minimum atomic E-state index is -2.66. The molecule has 28 heavy (non-hydrogen) atoms. The Hall–Kier alpha value is -2.48. The Kier molecular flexibility index (Phi) is 6.61. The van der Waals surface area contributed by atoms with Crippen molar-refractivity contribution in [2.24, 2.45) is 0 Å². The van der Waals surface area contributed by atoms with E-state index in [1.54, 1.807) is 7.05 Å². The Morgan fingerprint density at radius 2 is 2.04 bits per heavy atom. The van der Waals surface area contributed by atoms with Gasteiger partial charge in [0.05, 0.1) is 6.54 Å². The monoisotopic (exact) mass is 391 g/mol. The minimum absolute atomic E-state index is 0.0370. The Bertz CT molecular complexity index is 786. The first-order valence-corrected chi connectivity index (χ1v) is 9.52. The summed E-state index contributed by atoms with van der Waals surface area (Å²) >= 11 is 0. The molecule has 0 saturated carbocycles. The van der Waals surface area contributed by atoms with Crippen LogP contribution in [0.1, 0.15) is 36.3 Å². The van der Waals surface area contributed by atoms with Crippen LogP contribution in [0.15, 0.2) is 36.7 Å². The van der Waals surface area contributed by atoms with Crippen LogP contribution in [-0.4, -0.2) is 51.6 Å². The van der Waals surface area contributed by atoms with Crippen LogP contribution in [0.2, 0.25) is 0 Å². The fourth-order valence-electron chi connectivity index (χ4n) is 3.48. The second kappa shape index (κ2) is 9.14. The average molecular weight is 391 g/mol. The van der Waals surface area contributed by atoms with E-state index in [0.29, 0.717) is 0 Å². The Morgan fingerprint density at radius 1 is 1.32 bits per heavy atom. The topological polar surface area (TPSA) is 53.4 Å². The van der Waals surface area contributed by atoms with Gasteiger partial charge in [0.25, 0.3) is 0 Å². The lowest BCUT2D eigenvalue weighted by molar-refractivity contribution is 0.0650. The summed E-state index contributed by atoms with van der Waals surface area (Å²) in [6, 6.07) is 8.22. The van der Waals surface area contributed by atoms with E-state index in [-0.39, 0.29) is 24.4 Å². The number of carbonyl (C=O) groups excluding carboxylic acids is 1. The van der Waals surface area contributed by atoms with Gasteiger partial charge in [-0.3, -0.25) is 9.47 Å². The number of likely N-dealkylation sites (tertiary alicyclic amines) is 1. The van der Waals surface area contributed by atoms with Crippen molar-refractivity contribution in [2.75, 3.05) is 20.1 Å². The first kappa shape index (κ1) is 20.3. The highest BCUT2D eigenvalue weighted by molar-refractivity contribution is 5.74. The molecule has 1 aromatic heterocycles. The number of aromatic nitrogens is 2. The molecule has 1 N–H and O–H groups in total. The van der Waals surface area contributed by atoms with Crippen molar-refractivity contribution in [2.45, 2.75) is 45.4 Å². The third-order valence-electron chi connectivity index (χ3n) is 5.25. The van der Waals surface area contributed by atoms with Crippen molar-refractivity contribution in [3.8, 4) is 0 Å². The summed E-state index contributed by atoms with van der Waals surface area (Å²) in [5, 5.41) is 3.01. The van der Waals surface area contributed by atoms with Crippen molar-refractivity contribution in [3.63, 3.8) is 0 Å². The van der Waals surface area contributed by atoms with Crippen LogP contribution in [0.3, 0.4) is 0 Å². The average Bonchev–Trinajstić information content (AvgIpc) is 3.13. The molecule has 3 rings (SSSR count). The molecule has 1 aliphatic rings. The molecule has 152 valence electrons. The maximum absolute atomic E-state index is 12.9. The quantitative estimate of drug-likeness (QED) is 0.821. The normalized spacial score (nSPS) is 15.8.